The summed E-state index contributed by atoms with van der Waals surface area (Å²) >= 11 is 5.54. The van der Waals surface area contributed by atoms with Gasteiger partial charge in [0, 0.05) is 6.54 Å². The largest absolute Gasteiger partial charge is 0.332 e. The van der Waals surface area contributed by atoms with E-state index in [2.05, 4.69) is 12.1 Å². The predicted octanol–water partition coefficient (Wildman–Crippen LogP) is 2.27. The van der Waals surface area contributed by atoms with E-state index in [0.717, 1.165) is 25.8 Å². The number of hydrogen-bond donors (Lipinski definition) is 0. The van der Waals surface area contributed by atoms with Crippen LogP contribution in [0.25, 0.3) is 0 Å². The van der Waals surface area contributed by atoms with E-state index in [1.165, 1.54) is 5.56 Å². The van der Waals surface area contributed by atoms with Gasteiger partial charge in [0.2, 0.25) is 6.41 Å². The average molecular weight is 212 g/mol. The maximum absolute atomic E-state index is 10.4. The van der Waals surface area contributed by atoms with Gasteiger partial charge < -0.3 is 4.90 Å². The van der Waals surface area contributed by atoms with Crippen LogP contribution < -0.4 is 0 Å². The molecule has 0 fully saturated rings. The van der Waals surface area contributed by atoms with Gasteiger partial charge in [0.1, 0.15) is 0 Å². The standard InChI is InChI=1S/C11H14ClNO/c12-9-13(10-14)8-4-7-11-5-2-1-3-6-11/h1-3,5-6,10H,4,7-9H2. The molecule has 0 aliphatic carbocycles. The lowest BCUT2D eigenvalue weighted by Gasteiger charge is -2.12. The Balaban J connectivity index is 2.25. The van der Waals surface area contributed by atoms with E-state index in [9.17, 15) is 4.79 Å². The van der Waals surface area contributed by atoms with E-state index >= 15 is 0 Å². The van der Waals surface area contributed by atoms with Crippen LogP contribution in [-0.2, 0) is 11.2 Å². The molecule has 1 rings (SSSR count). The molecular formula is C11H14ClNO. The highest BCUT2D eigenvalue weighted by atomic mass is 35.5. The predicted molar refractivity (Wildman–Crippen MR) is 58.3 cm³/mol. The minimum atomic E-state index is 0.276. The molecule has 1 aromatic carbocycles. The minimum Gasteiger partial charge on any atom is -0.332 e. The van der Waals surface area contributed by atoms with Gasteiger partial charge >= 0.3 is 0 Å². The van der Waals surface area contributed by atoms with Crippen LogP contribution in [0.4, 0.5) is 0 Å². The van der Waals surface area contributed by atoms with Crippen LogP contribution >= 0.6 is 11.6 Å². The van der Waals surface area contributed by atoms with Crippen molar-refractivity contribution in [3.05, 3.63) is 35.9 Å². The topological polar surface area (TPSA) is 20.3 Å². The molecule has 0 heterocycles. The molecule has 1 aromatic rings. The first-order chi connectivity index (χ1) is 6.86. The summed E-state index contributed by atoms with van der Waals surface area (Å²) in [5.41, 5.74) is 1.30. The van der Waals surface area contributed by atoms with E-state index in [1.54, 1.807) is 4.90 Å². The molecule has 0 N–H and O–H groups in total. The van der Waals surface area contributed by atoms with Gasteiger partial charge in [0.25, 0.3) is 0 Å². The van der Waals surface area contributed by atoms with Crippen molar-refractivity contribution in [1.29, 1.82) is 0 Å². The third kappa shape index (κ3) is 3.79. The summed E-state index contributed by atoms with van der Waals surface area (Å²) in [7, 11) is 0. The van der Waals surface area contributed by atoms with Crippen LogP contribution in [0.2, 0.25) is 0 Å². The highest BCUT2D eigenvalue weighted by Gasteiger charge is 1.98. The number of hydrogen-bond acceptors (Lipinski definition) is 1. The lowest BCUT2D eigenvalue weighted by Crippen LogP contribution is -2.21. The molecule has 0 saturated carbocycles. The first-order valence-electron chi connectivity index (χ1n) is 4.66. The monoisotopic (exact) mass is 211 g/mol. The summed E-state index contributed by atoms with van der Waals surface area (Å²) in [6.07, 6.45) is 2.73. The summed E-state index contributed by atoms with van der Waals surface area (Å²) in [5.74, 6) is 0. The van der Waals surface area contributed by atoms with Crippen LogP contribution in [0.1, 0.15) is 12.0 Å². The van der Waals surface area contributed by atoms with Crippen LogP contribution in [-0.4, -0.2) is 23.9 Å². The molecule has 0 atom stereocenters. The smallest absolute Gasteiger partial charge is 0.210 e. The van der Waals surface area contributed by atoms with Crippen molar-refractivity contribution >= 4 is 18.0 Å². The van der Waals surface area contributed by atoms with Gasteiger partial charge in [-0.05, 0) is 18.4 Å². The molecular weight excluding hydrogens is 198 g/mol. The van der Waals surface area contributed by atoms with Crippen molar-refractivity contribution < 1.29 is 4.79 Å². The number of carbonyl (C=O) groups is 1. The zero-order chi connectivity index (χ0) is 10.2. The molecule has 0 bridgehead atoms. The lowest BCUT2D eigenvalue weighted by atomic mass is 10.1. The van der Waals surface area contributed by atoms with Crippen molar-refractivity contribution in [3.8, 4) is 0 Å². The second kappa shape index (κ2) is 6.44. The number of aryl methyl sites for hydroxylation is 1. The van der Waals surface area contributed by atoms with Crippen LogP contribution in [0.3, 0.4) is 0 Å². The Labute approximate surface area is 89.5 Å². The van der Waals surface area contributed by atoms with Gasteiger partial charge in [-0.25, -0.2) is 0 Å². The molecule has 76 valence electrons. The van der Waals surface area contributed by atoms with Gasteiger partial charge in [-0.1, -0.05) is 30.3 Å². The van der Waals surface area contributed by atoms with Gasteiger partial charge in [-0.15, -0.1) is 11.6 Å². The average Bonchev–Trinajstić information content (AvgIpc) is 2.26. The maximum atomic E-state index is 10.4. The second-order valence-corrected chi connectivity index (χ2v) is 3.37. The molecule has 0 spiro atoms. The summed E-state index contributed by atoms with van der Waals surface area (Å²) in [4.78, 5) is 12.0. The number of nitrogens with zero attached hydrogens (tertiary/aromatic N) is 1. The molecule has 0 unspecified atom stereocenters. The summed E-state index contributed by atoms with van der Waals surface area (Å²) < 4.78 is 0. The zero-order valence-corrected chi connectivity index (χ0v) is 8.78. The van der Waals surface area contributed by atoms with Gasteiger partial charge in [0.15, 0.2) is 0 Å². The molecule has 1 amide bonds. The quantitative estimate of drug-likeness (QED) is 0.402. The fraction of sp³-hybridized carbons (Fsp3) is 0.364. The van der Waals surface area contributed by atoms with Crippen molar-refractivity contribution in [2.75, 3.05) is 12.5 Å². The number of halogens is 1. The molecule has 0 radical (unpaired) electrons. The molecule has 14 heavy (non-hydrogen) atoms. The third-order valence-electron chi connectivity index (χ3n) is 2.06. The van der Waals surface area contributed by atoms with E-state index in [1.807, 2.05) is 18.2 Å². The van der Waals surface area contributed by atoms with E-state index in [0.29, 0.717) is 0 Å². The Hall–Kier alpha value is -1.02. The van der Waals surface area contributed by atoms with Gasteiger partial charge in [0.05, 0.1) is 6.00 Å². The van der Waals surface area contributed by atoms with E-state index in [4.69, 9.17) is 11.6 Å². The molecule has 0 aromatic heterocycles. The molecule has 0 aliphatic rings. The number of carbonyl (C=O) groups excluding carboxylic acids is 1. The first-order valence-corrected chi connectivity index (χ1v) is 5.19. The SMILES string of the molecule is O=CN(CCl)CCCc1ccccc1. The fourth-order valence-corrected chi connectivity index (χ4v) is 1.45. The first kappa shape index (κ1) is 11.1. The maximum Gasteiger partial charge on any atom is 0.210 e. The van der Waals surface area contributed by atoms with E-state index in [-0.39, 0.29) is 6.00 Å². The normalized spacial score (nSPS) is 9.79. The van der Waals surface area contributed by atoms with Crippen LogP contribution in [0.15, 0.2) is 30.3 Å². The number of amides is 1. The zero-order valence-electron chi connectivity index (χ0n) is 8.03. The molecule has 0 saturated heterocycles. The fourth-order valence-electron chi connectivity index (χ4n) is 1.27. The second-order valence-electron chi connectivity index (χ2n) is 3.13. The Morgan fingerprint density at radius 2 is 2.00 bits per heavy atom. The summed E-state index contributed by atoms with van der Waals surface area (Å²) in [6, 6.07) is 10.5. The molecule has 3 heteroatoms. The summed E-state index contributed by atoms with van der Waals surface area (Å²) in [5, 5.41) is 0. The highest BCUT2D eigenvalue weighted by Crippen LogP contribution is 2.03. The van der Waals surface area contributed by atoms with Crippen molar-refractivity contribution in [1.82, 2.24) is 4.90 Å². The number of alkyl halides is 1. The number of benzene rings is 1. The third-order valence-corrected chi connectivity index (χ3v) is 2.36. The summed E-state index contributed by atoms with van der Waals surface area (Å²) in [6.45, 7) is 0.724. The Morgan fingerprint density at radius 1 is 1.29 bits per heavy atom. The molecule has 2 nitrogen and oxygen atoms in total. The number of rotatable bonds is 6. The van der Waals surface area contributed by atoms with Crippen molar-refractivity contribution in [3.63, 3.8) is 0 Å². The van der Waals surface area contributed by atoms with Gasteiger partial charge in [-0.3, -0.25) is 4.79 Å². The van der Waals surface area contributed by atoms with Crippen molar-refractivity contribution in [2.24, 2.45) is 0 Å². The Kier molecular flexibility index (Phi) is 5.08. The van der Waals surface area contributed by atoms with Crippen LogP contribution in [0.5, 0.6) is 0 Å². The van der Waals surface area contributed by atoms with Crippen LogP contribution in [0, 0.1) is 0 Å². The lowest BCUT2D eigenvalue weighted by molar-refractivity contribution is -0.117. The highest BCUT2D eigenvalue weighted by molar-refractivity contribution is 6.18. The van der Waals surface area contributed by atoms with Gasteiger partial charge in [-0.2, -0.15) is 0 Å². The van der Waals surface area contributed by atoms with E-state index < -0.39 is 0 Å². The Bertz CT molecular complexity index is 263. The minimum absolute atomic E-state index is 0.276. The van der Waals surface area contributed by atoms with Crippen molar-refractivity contribution in [2.45, 2.75) is 12.8 Å². The Morgan fingerprint density at radius 3 is 2.57 bits per heavy atom. The molecule has 0 aliphatic heterocycles.